The Morgan fingerprint density at radius 3 is 2.50 bits per heavy atom. The molecule has 1 N–H and O–H groups in total. The summed E-state index contributed by atoms with van der Waals surface area (Å²) in [7, 11) is 0. The molecule has 0 aliphatic rings. The van der Waals surface area contributed by atoms with Gasteiger partial charge in [0, 0.05) is 11.8 Å². The zero-order valence-electron chi connectivity index (χ0n) is 13.5. The van der Waals surface area contributed by atoms with Crippen molar-refractivity contribution < 1.29 is 18.0 Å². The van der Waals surface area contributed by atoms with Crippen molar-refractivity contribution in [2.24, 2.45) is 0 Å². The molecule has 1 aromatic heterocycles. The van der Waals surface area contributed by atoms with Crippen molar-refractivity contribution in [1.29, 1.82) is 0 Å². The van der Waals surface area contributed by atoms with Crippen molar-refractivity contribution >= 4 is 17.2 Å². The number of thiazole rings is 1. The van der Waals surface area contributed by atoms with Gasteiger partial charge in [-0.25, -0.2) is 4.98 Å². The van der Waals surface area contributed by atoms with Gasteiger partial charge in [-0.1, -0.05) is 37.3 Å². The van der Waals surface area contributed by atoms with Crippen LogP contribution in [0.3, 0.4) is 0 Å². The molecular formula is C17H19F3N2OS. The molecule has 0 aliphatic heterocycles. The lowest BCUT2D eigenvalue weighted by molar-refractivity contribution is -0.194. The Balaban J connectivity index is 1.98. The summed E-state index contributed by atoms with van der Waals surface area (Å²) in [6.45, 7) is 2.39. The Morgan fingerprint density at radius 1 is 1.25 bits per heavy atom. The molecule has 0 radical (unpaired) electrons. The summed E-state index contributed by atoms with van der Waals surface area (Å²) in [5, 5.41) is 4.64. The third-order valence-corrected chi connectivity index (χ3v) is 4.78. The van der Waals surface area contributed by atoms with Gasteiger partial charge >= 0.3 is 6.18 Å². The van der Waals surface area contributed by atoms with Crippen LogP contribution in [0.5, 0.6) is 0 Å². The summed E-state index contributed by atoms with van der Waals surface area (Å²) in [5.41, 5.74) is -0.630. The van der Waals surface area contributed by atoms with Crippen LogP contribution in [0.2, 0.25) is 0 Å². The number of hydrogen-bond acceptors (Lipinski definition) is 3. The van der Waals surface area contributed by atoms with Gasteiger partial charge in [-0.15, -0.1) is 11.3 Å². The molecule has 1 atom stereocenters. The van der Waals surface area contributed by atoms with E-state index in [9.17, 15) is 18.0 Å². The molecule has 0 bridgehead atoms. The second kappa shape index (κ2) is 7.34. The van der Waals surface area contributed by atoms with Gasteiger partial charge in [0.1, 0.15) is 5.54 Å². The van der Waals surface area contributed by atoms with Crippen LogP contribution in [-0.2, 0) is 17.6 Å². The first-order valence-corrected chi connectivity index (χ1v) is 8.46. The second-order valence-corrected chi connectivity index (χ2v) is 6.75. The first-order valence-electron chi connectivity index (χ1n) is 7.58. The molecular weight excluding hydrogens is 337 g/mol. The van der Waals surface area contributed by atoms with Gasteiger partial charge in [0.15, 0.2) is 0 Å². The van der Waals surface area contributed by atoms with Crippen molar-refractivity contribution in [3.05, 3.63) is 52.0 Å². The third kappa shape index (κ3) is 4.56. The fourth-order valence-corrected chi connectivity index (χ4v) is 2.99. The Hall–Kier alpha value is -1.89. The highest BCUT2D eigenvalue weighted by atomic mass is 32.1. The Bertz CT molecular complexity index is 685. The van der Waals surface area contributed by atoms with Gasteiger partial charge in [-0.3, -0.25) is 4.79 Å². The Labute approximate surface area is 142 Å². The first-order chi connectivity index (χ1) is 11.2. The maximum absolute atomic E-state index is 13.0. The summed E-state index contributed by atoms with van der Waals surface area (Å²) < 4.78 is 39.1. The molecule has 0 aliphatic carbocycles. The fourth-order valence-electron chi connectivity index (χ4n) is 2.16. The predicted octanol–water partition coefficient (Wildman–Crippen LogP) is 4.12. The maximum Gasteiger partial charge on any atom is 0.411 e. The lowest BCUT2D eigenvalue weighted by atomic mass is 9.98. The predicted molar refractivity (Wildman–Crippen MR) is 88.0 cm³/mol. The molecule has 1 aromatic carbocycles. The highest BCUT2D eigenvalue weighted by Crippen LogP contribution is 2.32. The van der Waals surface area contributed by atoms with E-state index >= 15 is 0 Å². The Morgan fingerprint density at radius 2 is 1.92 bits per heavy atom. The van der Waals surface area contributed by atoms with E-state index in [2.05, 4.69) is 10.3 Å². The molecule has 0 spiro atoms. The number of aromatic nitrogens is 1. The summed E-state index contributed by atoms with van der Waals surface area (Å²) >= 11 is 1.40. The number of nitrogens with one attached hydrogen (secondary N) is 1. The summed E-state index contributed by atoms with van der Waals surface area (Å²) in [6, 6.07) is 9.74. The average Bonchev–Trinajstić information content (AvgIpc) is 2.93. The van der Waals surface area contributed by atoms with E-state index in [1.165, 1.54) is 18.3 Å². The van der Waals surface area contributed by atoms with Crippen LogP contribution in [0.1, 0.15) is 36.5 Å². The summed E-state index contributed by atoms with van der Waals surface area (Å²) in [4.78, 5) is 16.3. The molecule has 0 saturated carbocycles. The molecule has 0 fully saturated rings. The highest BCUT2D eigenvalue weighted by molar-refractivity contribution is 7.09. The van der Waals surface area contributed by atoms with Crippen LogP contribution in [0.25, 0.3) is 0 Å². The first kappa shape index (κ1) is 18.4. The number of benzene rings is 1. The van der Waals surface area contributed by atoms with Crippen LogP contribution in [0, 0.1) is 0 Å². The minimum atomic E-state index is -4.49. The smallest absolute Gasteiger partial charge is 0.342 e. The van der Waals surface area contributed by atoms with Crippen molar-refractivity contribution in [2.75, 3.05) is 0 Å². The number of halogens is 3. The largest absolute Gasteiger partial charge is 0.411 e. The molecule has 1 unspecified atom stereocenters. The molecule has 7 heteroatoms. The van der Waals surface area contributed by atoms with Crippen molar-refractivity contribution in [2.45, 2.75) is 44.8 Å². The molecule has 1 heterocycles. The standard InChI is InChI=1S/C17H19F3N2OS/c1-3-16(2,17(18,19)20)22-14(23)10-13-11-24-15(21-13)9-12-7-5-4-6-8-12/h4-8,11H,3,9-10H2,1-2H3,(H,22,23). The zero-order valence-corrected chi connectivity index (χ0v) is 14.3. The lowest BCUT2D eigenvalue weighted by Gasteiger charge is -2.31. The number of rotatable bonds is 6. The molecule has 0 saturated heterocycles. The number of amides is 1. The molecule has 130 valence electrons. The molecule has 2 rings (SSSR count). The van der Waals surface area contributed by atoms with Crippen LogP contribution < -0.4 is 5.32 Å². The number of nitrogens with zero attached hydrogens (tertiary/aromatic N) is 1. The summed E-state index contributed by atoms with van der Waals surface area (Å²) in [6.07, 6.45) is -4.23. The van der Waals surface area contributed by atoms with E-state index < -0.39 is 17.6 Å². The van der Waals surface area contributed by atoms with E-state index in [4.69, 9.17) is 0 Å². The topological polar surface area (TPSA) is 42.0 Å². The van der Waals surface area contributed by atoms with Gasteiger partial charge in [0.05, 0.1) is 17.1 Å². The van der Waals surface area contributed by atoms with E-state index in [1.807, 2.05) is 30.3 Å². The van der Waals surface area contributed by atoms with Crippen LogP contribution in [0.15, 0.2) is 35.7 Å². The number of carbonyl (C=O) groups excluding carboxylic acids is 1. The SMILES string of the molecule is CCC(C)(NC(=O)Cc1csc(Cc2ccccc2)n1)C(F)(F)F. The molecule has 2 aromatic rings. The number of alkyl halides is 3. The van der Waals surface area contributed by atoms with E-state index in [1.54, 1.807) is 5.38 Å². The fraction of sp³-hybridized carbons (Fsp3) is 0.412. The normalized spacial score (nSPS) is 14.2. The minimum Gasteiger partial charge on any atom is -0.342 e. The van der Waals surface area contributed by atoms with Gasteiger partial charge in [-0.05, 0) is 18.9 Å². The van der Waals surface area contributed by atoms with Crippen LogP contribution >= 0.6 is 11.3 Å². The summed E-state index contributed by atoms with van der Waals surface area (Å²) in [5.74, 6) is -0.673. The molecule has 24 heavy (non-hydrogen) atoms. The van der Waals surface area contributed by atoms with Gasteiger partial charge < -0.3 is 5.32 Å². The number of carbonyl (C=O) groups is 1. The van der Waals surface area contributed by atoms with E-state index in [-0.39, 0.29) is 12.8 Å². The van der Waals surface area contributed by atoms with Crippen molar-refractivity contribution in [3.8, 4) is 0 Å². The third-order valence-electron chi connectivity index (χ3n) is 3.89. The average molecular weight is 356 g/mol. The Kier molecular flexibility index (Phi) is 5.64. The van der Waals surface area contributed by atoms with Crippen molar-refractivity contribution in [3.63, 3.8) is 0 Å². The minimum absolute atomic E-state index is 0.156. The second-order valence-electron chi connectivity index (χ2n) is 5.80. The van der Waals surface area contributed by atoms with Gasteiger partial charge in [-0.2, -0.15) is 13.2 Å². The van der Waals surface area contributed by atoms with E-state index in [0.29, 0.717) is 12.1 Å². The van der Waals surface area contributed by atoms with Crippen LogP contribution in [0.4, 0.5) is 13.2 Å². The number of hydrogen-bond donors (Lipinski definition) is 1. The zero-order chi connectivity index (χ0) is 17.8. The van der Waals surface area contributed by atoms with Crippen molar-refractivity contribution in [1.82, 2.24) is 10.3 Å². The highest BCUT2D eigenvalue weighted by Gasteiger charge is 2.50. The quantitative estimate of drug-likeness (QED) is 0.846. The lowest BCUT2D eigenvalue weighted by Crippen LogP contribution is -2.56. The maximum atomic E-state index is 13.0. The monoisotopic (exact) mass is 356 g/mol. The van der Waals surface area contributed by atoms with Gasteiger partial charge in [0.25, 0.3) is 0 Å². The molecule has 1 amide bonds. The van der Waals surface area contributed by atoms with E-state index in [0.717, 1.165) is 17.5 Å². The molecule has 3 nitrogen and oxygen atoms in total. The van der Waals surface area contributed by atoms with Crippen LogP contribution in [-0.4, -0.2) is 22.6 Å². The van der Waals surface area contributed by atoms with Gasteiger partial charge in [0.2, 0.25) is 5.91 Å².